The first-order valence-electron chi connectivity index (χ1n) is 5.47. The zero-order valence-corrected chi connectivity index (χ0v) is 10.1. The third-order valence-corrected chi connectivity index (χ3v) is 2.82. The molecule has 2 rings (SSSR count). The Kier molecular flexibility index (Phi) is 2.83. The van der Waals surface area contributed by atoms with E-state index in [1.54, 1.807) is 0 Å². The number of hydrogen-bond donors (Lipinski definition) is 1. The summed E-state index contributed by atoms with van der Waals surface area (Å²) < 4.78 is 2.11. The number of anilines is 1. The Morgan fingerprint density at radius 2 is 2.19 bits per heavy atom. The van der Waals surface area contributed by atoms with E-state index in [-0.39, 0.29) is 0 Å². The number of nitrogens with two attached hydrogens (primary N) is 1. The predicted molar refractivity (Wildman–Crippen MR) is 67.8 cm³/mol. The standard InChI is InChI=1S/C12H18N4/c1-9-4-5-10-11(8-9)16(3)12(14-10)15(2)7-6-13/h4-5,8H,6-7,13H2,1-3H3. The fraction of sp³-hybridized carbons (Fsp3) is 0.417. The van der Waals surface area contributed by atoms with E-state index in [2.05, 4.69) is 39.6 Å². The van der Waals surface area contributed by atoms with Crippen LogP contribution in [0.5, 0.6) is 0 Å². The summed E-state index contributed by atoms with van der Waals surface area (Å²) in [5.41, 5.74) is 9.01. The van der Waals surface area contributed by atoms with E-state index in [0.717, 1.165) is 18.0 Å². The second-order valence-corrected chi connectivity index (χ2v) is 4.17. The van der Waals surface area contributed by atoms with Gasteiger partial charge in [0, 0.05) is 27.2 Å². The summed E-state index contributed by atoms with van der Waals surface area (Å²) >= 11 is 0. The summed E-state index contributed by atoms with van der Waals surface area (Å²) in [6.45, 7) is 3.55. The Bertz CT molecular complexity index is 501. The Morgan fingerprint density at radius 1 is 1.44 bits per heavy atom. The first kappa shape index (κ1) is 11.0. The second kappa shape index (κ2) is 4.14. The number of imidazole rings is 1. The predicted octanol–water partition coefficient (Wildman–Crippen LogP) is 1.28. The van der Waals surface area contributed by atoms with Gasteiger partial charge in [0.15, 0.2) is 0 Å². The molecule has 4 nitrogen and oxygen atoms in total. The van der Waals surface area contributed by atoms with Gasteiger partial charge in [-0.3, -0.25) is 0 Å². The lowest BCUT2D eigenvalue weighted by Crippen LogP contribution is -2.27. The van der Waals surface area contributed by atoms with Crippen molar-refractivity contribution in [3.05, 3.63) is 23.8 Å². The molecule has 0 fully saturated rings. The third kappa shape index (κ3) is 1.76. The second-order valence-electron chi connectivity index (χ2n) is 4.17. The van der Waals surface area contributed by atoms with E-state index in [1.807, 2.05) is 14.1 Å². The van der Waals surface area contributed by atoms with Gasteiger partial charge in [-0.25, -0.2) is 4.98 Å². The molecule has 0 spiro atoms. The summed E-state index contributed by atoms with van der Waals surface area (Å²) in [6.07, 6.45) is 0. The van der Waals surface area contributed by atoms with Crippen molar-refractivity contribution in [1.29, 1.82) is 0 Å². The zero-order chi connectivity index (χ0) is 11.7. The molecule has 0 saturated carbocycles. The van der Waals surface area contributed by atoms with Crippen molar-refractivity contribution in [2.45, 2.75) is 6.92 Å². The maximum atomic E-state index is 5.56. The van der Waals surface area contributed by atoms with E-state index in [9.17, 15) is 0 Å². The lowest BCUT2D eigenvalue weighted by atomic mass is 10.2. The van der Waals surface area contributed by atoms with Crippen molar-refractivity contribution < 1.29 is 0 Å². The van der Waals surface area contributed by atoms with Crippen LogP contribution >= 0.6 is 0 Å². The molecule has 2 aromatic rings. The van der Waals surface area contributed by atoms with Crippen LogP contribution in [0.3, 0.4) is 0 Å². The van der Waals surface area contributed by atoms with Crippen LogP contribution in [0.15, 0.2) is 18.2 Å². The summed E-state index contributed by atoms with van der Waals surface area (Å²) in [5.74, 6) is 0.964. The van der Waals surface area contributed by atoms with Crippen LogP contribution in [0, 0.1) is 6.92 Å². The summed E-state index contributed by atoms with van der Waals surface area (Å²) in [5, 5.41) is 0. The highest BCUT2D eigenvalue weighted by Crippen LogP contribution is 2.21. The molecule has 1 aromatic heterocycles. The minimum absolute atomic E-state index is 0.638. The maximum Gasteiger partial charge on any atom is 0.206 e. The van der Waals surface area contributed by atoms with Crippen LogP contribution in [-0.2, 0) is 7.05 Å². The van der Waals surface area contributed by atoms with Crippen LogP contribution in [0.1, 0.15) is 5.56 Å². The molecule has 86 valence electrons. The quantitative estimate of drug-likeness (QED) is 0.844. The molecule has 0 amide bonds. The molecular weight excluding hydrogens is 200 g/mol. The highest BCUT2D eigenvalue weighted by atomic mass is 15.3. The van der Waals surface area contributed by atoms with Crippen molar-refractivity contribution >= 4 is 17.0 Å². The Morgan fingerprint density at radius 3 is 2.88 bits per heavy atom. The number of benzene rings is 1. The Hall–Kier alpha value is -1.55. The number of hydrogen-bond acceptors (Lipinski definition) is 3. The van der Waals surface area contributed by atoms with Crippen molar-refractivity contribution in [3.8, 4) is 0 Å². The topological polar surface area (TPSA) is 47.1 Å². The lowest BCUT2D eigenvalue weighted by molar-refractivity contribution is 0.808. The molecule has 1 heterocycles. The van der Waals surface area contributed by atoms with Gasteiger partial charge in [0.1, 0.15) is 0 Å². The SMILES string of the molecule is Cc1ccc2nc(N(C)CCN)n(C)c2c1. The summed E-state index contributed by atoms with van der Waals surface area (Å²) in [4.78, 5) is 6.68. The van der Waals surface area contributed by atoms with E-state index in [4.69, 9.17) is 5.73 Å². The van der Waals surface area contributed by atoms with Crippen LogP contribution < -0.4 is 10.6 Å². The van der Waals surface area contributed by atoms with Crippen molar-refractivity contribution in [2.75, 3.05) is 25.0 Å². The molecule has 2 N–H and O–H groups in total. The highest BCUT2D eigenvalue weighted by Gasteiger charge is 2.10. The molecular formula is C12H18N4. The van der Waals surface area contributed by atoms with Gasteiger partial charge in [0.25, 0.3) is 0 Å². The van der Waals surface area contributed by atoms with E-state index >= 15 is 0 Å². The van der Waals surface area contributed by atoms with Crippen molar-refractivity contribution in [3.63, 3.8) is 0 Å². The molecule has 0 aliphatic heterocycles. The fourth-order valence-electron chi connectivity index (χ4n) is 1.92. The molecule has 4 heteroatoms. The van der Waals surface area contributed by atoms with Crippen LogP contribution in [0.25, 0.3) is 11.0 Å². The average molecular weight is 218 g/mol. The van der Waals surface area contributed by atoms with Crippen LogP contribution in [-0.4, -0.2) is 29.7 Å². The molecule has 0 saturated heterocycles. The van der Waals surface area contributed by atoms with Gasteiger partial charge in [0.05, 0.1) is 11.0 Å². The monoisotopic (exact) mass is 218 g/mol. The molecule has 0 bridgehead atoms. The average Bonchev–Trinajstić information content (AvgIpc) is 2.57. The van der Waals surface area contributed by atoms with E-state index in [0.29, 0.717) is 6.54 Å². The van der Waals surface area contributed by atoms with Gasteiger partial charge in [-0.2, -0.15) is 0 Å². The largest absolute Gasteiger partial charge is 0.344 e. The van der Waals surface area contributed by atoms with Crippen LogP contribution in [0.4, 0.5) is 5.95 Å². The van der Waals surface area contributed by atoms with E-state index < -0.39 is 0 Å². The molecule has 16 heavy (non-hydrogen) atoms. The van der Waals surface area contributed by atoms with Gasteiger partial charge < -0.3 is 15.2 Å². The van der Waals surface area contributed by atoms with Gasteiger partial charge >= 0.3 is 0 Å². The smallest absolute Gasteiger partial charge is 0.206 e. The molecule has 0 radical (unpaired) electrons. The van der Waals surface area contributed by atoms with Gasteiger partial charge in [-0.15, -0.1) is 0 Å². The van der Waals surface area contributed by atoms with Gasteiger partial charge in [-0.1, -0.05) is 6.07 Å². The maximum absolute atomic E-state index is 5.56. The van der Waals surface area contributed by atoms with Crippen molar-refractivity contribution in [1.82, 2.24) is 9.55 Å². The minimum atomic E-state index is 0.638. The number of nitrogens with zero attached hydrogens (tertiary/aromatic N) is 3. The fourth-order valence-corrected chi connectivity index (χ4v) is 1.92. The molecule has 1 aromatic carbocycles. The molecule has 0 atom stereocenters. The van der Waals surface area contributed by atoms with Crippen molar-refractivity contribution in [2.24, 2.45) is 12.8 Å². The first-order valence-corrected chi connectivity index (χ1v) is 5.47. The Labute approximate surface area is 95.7 Å². The third-order valence-electron chi connectivity index (χ3n) is 2.82. The molecule has 0 unspecified atom stereocenters. The summed E-state index contributed by atoms with van der Waals surface area (Å²) in [6, 6.07) is 6.30. The summed E-state index contributed by atoms with van der Waals surface area (Å²) in [7, 11) is 4.05. The lowest BCUT2D eigenvalue weighted by Gasteiger charge is -2.16. The normalized spacial score (nSPS) is 11.0. The molecule has 0 aliphatic carbocycles. The first-order chi connectivity index (χ1) is 7.63. The van der Waals surface area contributed by atoms with Crippen LogP contribution in [0.2, 0.25) is 0 Å². The number of fused-ring (bicyclic) bond motifs is 1. The minimum Gasteiger partial charge on any atom is -0.344 e. The zero-order valence-electron chi connectivity index (χ0n) is 10.1. The number of likely N-dealkylation sites (N-methyl/N-ethyl adjacent to an activating group) is 1. The highest BCUT2D eigenvalue weighted by molar-refractivity contribution is 5.79. The van der Waals surface area contributed by atoms with Gasteiger partial charge in [0.2, 0.25) is 5.95 Å². The number of aryl methyl sites for hydroxylation is 2. The Balaban J connectivity index is 2.51. The van der Waals surface area contributed by atoms with E-state index in [1.165, 1.54) is 11.1 Å². The number of aromatic nitrogens is 2. The molecule has 0 aliphatic rings. The number of rotatable bonds is 3. The van der Waals surface area contributed by atoms with Gasteiger partial charge in [-0.05, 0) is 24.6 Å².